The molecule has 0 aliphatic carbocycles. The number of fused-ring (bicyclic) bond motifs is 1. The van der Waals surface area contributed by atoms with Crippen molar-refractivity contribution in [3.63, 3.8) is 0 Å². The van der Waals surface area contributed by atoms with Crippen LogP contribution in [0, 0.1) is 0 Å². The Labute approximate surface area is 166 Å². The third-order valence-electron chi connectivity index (χ3n) is 4.59. The highest BCUT2D eigenvalue weighted by atomic mass is 35.5. The van der Waals surface area contributed by atoms with Crippen LogP contribution in [0.15, 0.2) is 60.9 Å². The number of rotatable bonds is 5. The van der Waals surface area contributed by atoms with Gasteiger partial charge in [0.2, 0.25) is 0 Å². The summed E-state index contributed by atoms with van der Waals surface area (Å²) in [6.07, 6.45) is 4.20. The number of benzene rings is 1. The minimum absolute atomic E-state index is 0.314. The lowest BCUT2D eigenvalue weighted by molar-refractivity contribution is 0.221. The molecule has 0 fully saturated rings. The number of aliphatic hydroxyl groups is 1. The first kappa shape index (κ1) is 18.0. The predicted octanol–water partition coefficient (Wildman–Crippen LogP) is 5.13. The first-order valence-electron chi connectivity index (χ1n) is 8.61. The van der Waals surface area contributed by atoms with Crippen LogP contribution in [0.25, 0.3) is 11.0 Å². The lowest BCUT2D eigenvalue weighted by atomic mass is 10.0. The van der Waals surface area contributed by atoms with Crippen LogP contribution < -0.4 is 0 Å². The number of hydrogen-bond acceptors (Lipinski definition) is 3. The van der Waals surface area contributed by atoms with Gasteiger partial charge in [0.25, 0.3) is 0 Å². The molecule has 3 heterocycles. The van der Waals surface area contributed by atoms with Crippen LogP contribution >= 0.6 is 23.2 Å². The van der Waals surface area contributed by atoms with Crippen molar-refractivity contribution in [1.29, 1.82) is 0 Å². The molecule has 2 N–H and O–H groups in total. The monoisotopic (exact) mass is 397 g/mol. The molecule has 4 aromatic rings. The number of hydrogen-bond donors (Lipinski definition) is 2. The molecule has 0 amide bonds. The summed E-state index contributed by atoms with van der Waals surface area (Å²) in [7, 11) is 0. The van der Waals surface area contributed by atoms with E-state index in [0.717, 1.165) is 40.2 Å². The van der Waals surface area contributed by atoms with E-state index in [9.17, 15) is 5.11 Å². The molecule has 0 aliphatic heterocycles. The highest BCUT2D eigenvalue weighted by Gasteiger charge is 2.19. The molecule has 1 aromatic carbocycles. The molecule has 0 saturated heterocycles. The van der Waals surface area contributed by atoms with E-state index in [1.54, 1.807) is 12.4 Å². The SMILES string of the molecule is OC(c1ccc(CCc2ccc(Cl)cc2)nc1Cl)c1c[nH]c2ncccc12. The van der Waals surface area contributed by atoms with Crippen LogP contribution in [0.4, 0.5) is 0 Å². The summed E-state index contributed by atoms with van der Waals surface area (Å²) in [5, 5.41) is 12.7. The van der Waals surface area contributed by atoms with Crippen molar-refractivity contribution in [2.75, 3.05) is 0 Å². The highest BCUT2D eigenvalue weighted by Crippen LogP contribution is 2.31. The molecule has 27 heavy (non-hydrogen) atoms. The second kappa shape index (κ2) is 7.69. The summed E-state index contributed by atoms with van der Waals surface area (Å²) in [6, 6.07) is 15.3. The third kappa shape index (κ3) is 3.83. The van der Waals surface area contributed by atoms with Gasteiger partial charge >= 0.3 is 0 Å². The number of nitrogens with zero attached hydrogens (tertiary/aromatic N) is 2. The fourth-order valence-corrected chi connectivity index (χ4v) is 3.52. The largest absolute Gasteiger partial charge is 0.383 e. The Balaban J connectivity index is 1.53. The Morgan fingerprint density at radius 1 is 0.963 bits per heavy atom. The van der Waals surface area contributed by atoms with Crippen molar-refractivity contribution >= 4 is 34.2 Å². The second-order valence-electron chi connectivity index (χ2n) is 6.36. The van der Waals surface area contributed by atoms with E-state index in [-0.39, 0.29) is 0 Å². The fraction of sp³-hybridized carbons (Fsp3) is 0.143. The minimum atomic E-state index is -0.867. The van der Waals surface area contributed by atoms with E-state index >= 15 is 0 Å². The molecular formula is C21H17Cl2N3O. The molecule has 0 bridgehead atoms. The number of H-pyrrole nitrogens is 1. The first-order valence-corrected chi connectivity index (χ1v) is 9.37. The fourth-order valence-electron chi connectivity index (χ4n) is 3.12. The molecule has 3 aromatic heterocycles. The first-order chi connectivity index (χ1) is 13.1. The molecule has 0 saturated carbocycles. The van der Waals surface area contributed by atoms with Crippen molar-refractivity contribution in [2.45, 2.75) is 18.9 Å². The zero-order valence-corrected chi connectivity index (χ0v) is 15.9. The molecular weight excluding hydrogens is 381 g/mol. The van der Waals surface area contributed by atoms with Crippen LogP contribution in [0.2, 0.25) is 10.2 Å². The molecule has 4 nitrogen and oxygen atoms in total. The number of halogens is 2. The maximum Gasteiger partial charge on any atom is 0.137 e. The van der Waals surface area contributed by atoms with E-state index in [1.165, 1.54) is 5.56 Å². The van der Waals surface area contributed by atoms with Gasteiger partial charge in [-0.05, 0) is 48.7 Å². The van der Waals surface area contributed by atoms with Gasteiger partial charge in [0.15, 0.2) is 0 Å². The average molecular weight is 398 g/mol. The number of pyridine rings is 2. The summed E-state index contributed by atoms with van der Waals surface area (Å²) in [5.74, 6) is 0. The van der Waals surface area contributed by atoms with E-state index in [4.69, 9.17) is 23.2 Å². The maximum atomic E-state index is 10.8. The molecule has 4 rings (SSSR count). The van der Waals surface area contributed by atoms with Crippen LogP contribution in [-0.2, 0) is 12.8 Å². The van der Waals surface area contributed by atoms with Gasteiger partial charge in [-0.25, -0.2) is 9.97 Å². The highest BCUT2D eigenvalue weighted by molar-refractivity contribution is 6.30. The van der Waals surface area contributed by atoms with Gasteiger partial charge in [0.1, 0.15) is 16.9 Å². The summed E-state index contributed by atoms with van der Waals surface area (Å²) in [6.45, 7) is 0. The van der Waals surface area contributed by atoms with Crippen molar-refractivity contribution in [3.8, 4) is 0 Å². The minimum Gasteiger partial charge on any atom is -0.383 e. The number of aromatic nitrogens is 3. The summed E-state index contributed by atoms with van der Waals surface area (Å²) < 4.78 is 0. The maximum absolute atomic E-state index is 10.8. The second-order valence-corrected chi connectivity index (χ2v) is 7.15. The third-order valence-corrected chi connectivity index (χ3v) is 5.15. The molecule has 0 aliphatic rings. The Morgan fingerprint density at radius 2 is 1.78 bits per heavy atom. The quantitative estimate of drug-likeness (QED) is 0.458. The zero-order chi connectivity index (χ0) is 18.8. The average Bonchev–Trinajstić information content (AvgIpc) is 3.11. The van der Waals surface area contributed by atoms with Gasteiger partial charge < -0.3 is 10.1 Å². The van der Waals surface area contributed by atoms with Gasteiger partial charge in [0, 0.05) is 39.6 Å². The van der Waals surface area contributed by atoms with E-state index in [2.05, 4.69) is 15.0 Å². The van der Waals surface area contributed by atoms with Gasteiger partial charge in [-0.15, -0.1) is 0 Å². The molecule has 136 valence electrons. The number of aliphatic hydroxyl groups excluding tert-OH is 1. The molecule has 6 heteroatoms. The summed E-state index contributed by atoms with van der Waals surface area (Å²) in [4.78, 5) is 11.8. The lowest BCUT2D eigenvalue weighted by Gasteiger charge is -2.13. The number of aryl methyl sites for hydroxylation is 2. The van der Waals surface area contributed by atoms with Gasteiger partial charge in [-0.2, -0.15) is 0 Å². The number of nitrogens with one attached hydrogen (secondary N) is 1. The molecule has 1 atom stereocenters. The van der Waals surface area contributed by atoms with E-state index < -0.39 is 6.10 Å². The Bertz CT molecular complexity index is 1080. The van der Waals surface area contributed by atoms with Crippen molar-refractivity contribution < 1.29 is 5.11 Å². The van der Waals surface area contributed by atoms with Crippen molar-refractivity contribution in [3.05, 3.63) is 93.5 Å². The summed E-state index contributed by atoms with van der Waals surface area (Å²) in [5.41, 5.74) is 4.11. The van der Waals surface area contributed by atoms with E-state index in [0.29, 0.717) is 10.7 Å². The molecule has 1 unspecified atom stereocenters. The molecule has 0 radical (unpaired) electrons. The van der Waals surface area contributed by atoms with Crippen LogP contribution in [0.5, 0.6) is 0 Å². The Hall–Kier alpha value is -2.40. The standard InChI is InChI=1S/C21H17Cl2N3O/c22-14-6-3-13(4-7-14)5-8-15-9-10-17(20(23)26-15)19(27)18-12-25-21-16(18)2-1-11-24-21/h1-4,6-7,9-12,19,27H,5,8H2,(H,24,25). The van der Waals surface area contributed by atoms with Crippen molar-refractivity contribution in [1.82, 2.24) is 15.0 Å². The van der Waals surface area contributed by atoms with Crippen LogP contribution in [-0.4, -0.2) is 20.1 Å². The number of aromatic amines is 1. The predicted molar refractivity (Wildman–Crippen MR) is 108 cm³/mol. The van der Waals surface area contributed by atoms with Crippen molar-refractivity contribution in [2.24, 2.45) is 0 Å². The smallest absolute Gasteiger partial charge is 0.137 e. The van der Waals surface area contributed by atoms with E-state index in [1.807, 2.05) is 48.5 Å². The van der Waals surface area contributed by atoms with Crippen LogP contribution in [0.1, 0.15) is 28.5 Å². The lowest BCUT2D eigenvalue weighted by Crippen LogP contribution is -2.03. The van der Waals surface area contributed by atoms with Gasteiger partial charge in [0.05, 0.1) is 0 Å². The normalized spacial score (nSPS) is 12.4. The zero-order valence-electron chi connectivity index (χ0n) is 14.4. The summed E-state index contributed by atoms with van der Waals surface area (Å²) >= 11 is 12.3. The van der Waals surface area contributed by atoms with Crippen LogP contribution in [0.3, 0.4) is 0 Å². The Kier molecular flexibility index (Phi) is 5.12. The Morgan fingerprint density at radius 3 is 2.56 bits per heavy atom. The van der Waals surface area contributed by atoms with Gasteiger partial charge in [-0.3, -0.25) is 0 Å². The molecule has 0 spiro atoms. The van der Waals surface area contributed by atoms with Gasteiger partial charge in [-0.1, -0.05) is 41.4 Å². The topological polar surface area (TPSA) is 61.8 Å².